The first kappa shape index (κ1) is 21.4. The Labute approximate surface area is 184 Å². The van der Waals surface area contributed by atoms with Crippen LogP contribution in [0.2, 0.25) is 0 Å². The van der Waals surface area contributed by atoms with Crippen LogP contribution in [0.25, 0.3) is 11.2 Å². The number of phosphoric acid groups is 1. The Morgan fingerprint density at radius 2 is 2.22 bits per heavy atom. The van der Waals surface area contributed by atoms with Crippen molar-refractivity contribution in [2.45, 2.75) is 34.6 Å². The molecule has 4 heterocycles. The number of anilines is 1. The molecule has 0 bridgehead atoms. The number of nitrogen functional groups attached to an aromatic ring is 1. The van der Waals surface area contributed by atoms with E-state index in [0.29, 0.717) is 5.75 Å². The molecule has 2 aromatic heterocycles. The van der Waals surface area contributed by atoms with Gasteiger partial charge < -0.3 is 25.2 Å². The van der Waals surface area contributed by atoms with Gasteiger partial charge in [0.2, 0.25) is 5.95 Å². The molecule has 13 nitrogen and oxygen atoms in total. The van der Waals surface area contributed by atoms with E-state index in [2.05, 4.69) is 15.0 Å². The van der Waals surface area contributed by atoms with Crippen LogP contribution < -0.4 is 16.0 Å². The summed E-state index contributed by atoms with van der Waals surface area (Å²) in [7, 11) is -2.77. The molecule has 5 rings (SSSR count). The minimum absolute atomic E-state index is 0.0136. The van der Waals surface area contributed by atoms with Gasteiger partial charge in [-0.2, -0.15) is 4.98 Å². The van der Waals surface area contributed by atoms with Gasteiger partial charge in [0.25, 0.3) is 5.56 Å². The highest BCUT2D eigenvalue weighted by Gasteiger charge is 2.53. The number of rotatable bonds is 4. The third kappa shape index (κ3) is 3.69. The number of nitrogens with two attached hydrogens (primary N) is 1. The van der Waals surface area contributed by atoms with E-state index in [1.807, 2.05) is 6.07 Å². The molecule has 2 fully saturated rings. The lowest BCUT2D eigenvalue weighted by Crippen LogP contribution is -2.39. The first-order valence-electron chi connectivity index (χ1n) is 9.34. The van der Waals surface area contributed by atoms with Gasteiger partial charge in [0.15, 0.2) is 22.5 Å². The molecule has 170 valence electrons. The van der Waals surface area contributed by atoms with E-state index < -0.39 is 37.9 Å². The fourth-order valence-corrected chi connectivity index (χ4v) is 5.52. The molecule has 0 radical (unpaired) electrons. The third-order valence-electron chi connectivity index (χ3n) is 5.01. The molecule has 3 aromatic rings. The Morgan fingerprint density at radius 3 is 3.00 bits per heavy atom. The highest BCUT2D eigenvalue weighted by molar-refractivity contribution is 7.99. The van der Waals surface area contributed by atoms with Gasteiger partial charge in [0.05, 0.1) is 13.7 Å². The highest BCUT2D eigenvalue weighted by atomic mass is 32.2. The number of H-pyrrole nitrogens is 1. The van der Waals surface area contributed by atoms with Crippen LogP contribution in [0.4, 0.5) is 5.95 Å². The van der Waals surface area contributed by atoms with Crippen LogP contribution in [-0.4, -0.2) is 61.5 Å². The molecule has 2 saturated heterocycles. The summed E-state index contributed by atoms with van der Waals surface area (Å²) < 4.78 is 34.2. The lowest BCUT2D eigenvalue weighted by molar-refractivity contribution is -0.0684. The molecular weight excluding hydrogens is 465 g/mol. The summed E-state index contributed by atoms with van der Waals surface area (Å²) in [5, 5.41) is 11.2. The lowest BCUT2D eigenvalue weighted by Gasteiger charge is -2.27. The SMILES string of the molecule is COc1cccc(Sc2nc3c(=O)[nH]c(N)nc3n2[C@@H]2O[C@@H]3COP(=O)(O)O[C@H]3[C@H]2O)c1. The van der Waals surface area contributed by atoms with Crippen molar-refractivity contribution in [1.82, 2.24) is 19.5 Å². The maximum absolute atomic E-state index is 12.5. The van der Waals surface area contributed by atoms with Crippen molar-refractivity contribution in [3.63, 3.8) is 0 Å². The van der Waals surface area contributed by atoms with E-state index in [4.69, 9.17) is 24.3 Å². The van der Waals surface area contributed by atoms with Gasteiger partial charge in [-0.25, -0.2) is 9.55 Å². The van der Waals surface area contributed by atoms with Crippen molar-refractivity contribution >= 4 is 36.7 Å². The summed E-state index contributed by atoms with van der Waals surface area (Å²) in [5.74, 6) is 0.469. The van der Waals surface area contributed by atoms with Gasteiger partial charge in [-0.1, -0.05) is 17.8 Å². The van der Waals surface area contributed by atoms with Crippen molar-refractivity contribution in [3.05, 3.63) is 34.6 Å². The van der Waals surface area contributed by atoms with Crippen LogP contribution >= 0.6 is 19.6 Å². The Morgan fingerprint density at radius 1 is 1.41 bits per heavy atom. The second-order valence-electron chi connectivity index (χ2n) is 7.06. The Balaban J connectivity index is 1.62. The molecule has 0 aliphatic carbocycles. The van der Waals surface area contributed by atoms with Gasteiger partial charge in [0, 0.05) is 4.90 Å². The second-order valence-corrected chi connectivity index (χ2v) is 9.51. The quantitative estimate of drug-likeness (QED) is 0.380. The predicted molar refractivity (Wildman–Crippen MR) is 110 cm³/mol. The average Bonchev–Trinajstić information content (AvgIpc) is 3.25. The molecule has 0 saturated carbocycles. The average molecular weight is 483 g/mol. The number of aliphatic hydroxyl groups excluding tert-OH is 1. The molecule has 15 heteroatoms. The number of ether oxygens (including phenoxy) is 2. The maximum Gasteiger partial charge on any atom is 0.472 e. The summed E-state index contributed by atoms with van der Waals surface area (Å²) in [6, 6.07) is 7.15. The van der Waals surface area contributed by atoms with E-state index in [-0.39, 0.29) is 28.9 Å². The molecule has 5 N–H and O–H groups in total. The summed E-state index contributed by atoms with van der Waals surface area (Å²) in [4.78, 5) is 33.8. The monoisotopic (exact) mass is 483 g/mol. The summed E-state index contributed by atoms with van der Waals surface area (Å²) >= 11 is 1.18. The fourth-order valence-electron chi connectivity index (χ4n) is 3.60. The van der Waals surface area contributed by atoms with Crippen LogP contribution in [0.15, 0.2) is 39.1 Å². The van der Waals surface area contributed by atoms with E-state index in [9.17, 15) is 19.4 Å². The third-order valence-corrected chi connectivity index (χ3v) is 6.95. The minimum atomic E-state index is -4.31. The molecule has 5 atom stereocenters. The first-order valence-corrected chi connectivity index (χ1v) is 11.7. The second kappa shape index (κ2) is 7.85. The van der Waals surface area contributed by atoms with E-state index in [1.165, 1.54) is 23.4 Å². The minimum Gasteiger partial charge on any atom is -0.497 e. The van der Waals surface area contributed by atoms with Crippen LogP contribution in [0.5, 0.6) is 5.75 Å². The van der Waals surface area contributed by atoms with Crippen LogP contribution in [0, 0.1) is 0 Å². The number of methoxy groups -OCH3 is 1. The van der Waals surface area contributed by atoms with Crippen LogP contribution in [0.3, 0.4) is 0 Å². The van der Waals surface area contributed by atoms with Crippen molar-refractivity contribution in [2.75, 3.05) is 19.5 Å². The van der Waals surface area contributed by atoms with Crippen molar-refractivity contribution < 1.29 is 33.1 Å². The molecule has 2 aliphatic rings. The number of imidazole rings is 1. The molecule has 0 spiro atoms. The number of nitrogens with zero attached hydrogens (tertiary/aromatic N) is 3. The summed E-state index contributed by atoms with van der Waals surface area (Å²) in [6.45, 7) is -0.257. The Kier molecular flexibility index (Phi) is 5.25. The van der Waals surface area contributed by atoms with Crippen molar-refractivity contribution in [1.29, 1.82) is 0 Å². The lowest BCUT2D eigenvalue weighted by atomic mass is 10.1. The predicted octanol–water partition coefficient (Wildman–Crippen LogP) is 0.636. The number of aromatic amines is 1. The molecule has 32 heavy (non-hydrogen) atoms. The highest BCUT2D eigenvalue weighted by Crippen LogP contribution is 2.53. The number of hydrogen-bond acceptors (Lipinski definition) is 11. The topological polar surface area (TPSA) is 184 Å². The molecule has 0 amide bonds. The molecule has 2 aliphatic heterocycles. The van der Waals surface area contributed by atoms with Crippen molar-refractivity contribution in [2.24, 2.45) is 0 Å². The number of nitrogens with one attached hydrogen (secondary N) is 1. The maximum atomic E-state index is 12.5. The van der Waals surface area contributed by atoms with E-state index in [1.54, 1.807) is 18.2 Å². The van der Waals surface area contributed by atoms with Gasteiger partial charge in [-0.3, -0.25) is 23.4 Å². The molecule has 1 aromatic carbocycles. The zero-order valence-electron chi connectivity index (χ0n) is 16.4. The zero-order valence-corrected chi connectivity index (χ0v) is 18.2. The van der Waals surface area contributed by atoms with E-state index >= 15 is 0 Å². The normalized spacial score (nSPS) is 29.8. The van der Waals surface area contributed by atoms with Gasteiger partial charge in [-0.05, 0) is 18.2 Å². The van der Waals surface area contributed by atoms with Gasteiger partial charge >= 0.3 is 7.82 Å². The Bertz CT molecular complexity index is 1300. The van der Waals surface area contributed by atoms with E-state index in [0.717, 1.165) is 4.90 Å². The molecular formula is C17H18N5O8PS. The van der Waals surface area contributed by atoms with Gasteiger partial charge in [0.1, 0.15) is 24.1 Å². The van der Waals surface area contributed by atoms with Gasteiger partial charge in [-0.15, -0.1) is 0 Å². The fraction of sp³-hybridized carbons (Fsp3) is 0.353. The standard InChI is InChI=1S/C17H18N5O8PS/c1-27-7-3-2-4-8(5-7)32-17-19-10-13(20-16(18)21-14(10)24)22(17)15-11(23)12-9(29-15)6-28-31(25,26)30-12/h2-5,9,11-12,15,23H,6H2,1H3,(H,25,26)(H3,18,20,21,24)/t9-,11-,12-,15-/m1/s1. The van der Waals surface area contributed by atoms with Crippen LogP contribution in [0.1, 0.15) is 6.23 Å². The largest absolute Gasteiger partial charge is 0.497 e. The number of fused-ring (bicyclic) bond motifs is 2. The number of hydrogen-bond donors (Lipinski definition) is 4. The number of aromatic nitrogens is 4. The number of phosphoric ester groups is 1. The summed E-state index contributed by atoms with van der Waals surface area (Å²) in [5.41, 5.74) is 5.23. The zero-order chi connectivity index (χ0) is 22.6. The Hall–Kier alpha value is -2.45. The van der Waals surface area contributed by atoms with Crippen LogP contribution in [-0.2, 0) is 18.3 Å². The smallest absolute Gasteiger partial charge is 0.472 e. The number of benzene rings is 1. The van der Waals surface area contributed by atoms with Crippen molar-refractivity contribution in [3.8, 4) is 5.75 Å². The first-order chi connectivity index (χ1) is 15.3. The number of aliphatic hydroxyl groups is 1. The molecule has 1 unspecified atom stereocenters. The summed E-state index contributed by atoms with van der Waals surface area (Å²) in [6.07, 6.45) is -4.47.